The first kappa shape index (κ1) is 27.2. The van der Waals surface area contributed by atoms with Gasteiger partial charge in [-0.15, -0.1) is 24.6 Å². The maximum absolute atomic E-state index is 4.66. The molecule has 1 heterocycles. The van der Waals surface area contributed by atoms with Gasteiger partial charge in [-0.1, -0.05) is 60.2 Å². The van der Waals surface area contributed by atoms with Crippen LogP contribution in [-0.4, -0.2) is 23.1 Å². The van der Waals surface area contributed by atoms with Crippen LogP contribution in [0.5, 0.6) is 0 Å². The molecule has 1 unspecified atom stereocenters. The molecule has 2 rings (SSSR count). The number of allylic oxidation sites excluding steroid dienone is 1. The molecule has 1 aliphatic heterocycles. The number of terminal acetylenes is 1. The van der Waals surface area contributed by atoms with E-state index < -0.39 is 0 Å². The molecule has 2 N–H and O–H groups in total. The molecule has 0 amide bonds. The van der Waals surface area contributed by atoms with Crippen LogP contribution in [0.1, 0.15) is 73.6 Å². The van der Waals surface area contributed by atoms with E-state index in [1.165, 1.54) is 32.1 Å². The summed E-state index contributed by atoms with van der Waals surface area (Å²) in [5.74, 6) is 2.09. The smallest absolute Gasteiger partial charge is 0.162 e. The molecule has 0 saturated heterocycles. The monoisotopic (exact) mass is 439 g/mol. The van der Waals surface area contributed by atoms with Crippen LogP contribution in [0, 0.1) is 24.3 Å². The Hall–Kier alpha value is 0.0239. The molecule has 1 saturated carbocycles. The molecule has 0 aromatic heterocycles. The molecule has 2 aliphatic rings. The van der Waals surface area contributed by atoms with Gasteiger partial charge >= 0.3 is 0 Å². The Kier molecular flexibility index (Phi) is 16.5. The Labute approximate surface area is 185 Å². The van der Waals surface area contributed by atoms with Gasteiger partial charge < -0.3 is 16.7 Å². The van der Waals surface area contributed by atoms with Crippen molar-refractivity contribution < 1.29 is 32.7 Å². The van der Waals surface area contributed by atoms with Gasteiger partial charge in [-0.05, 0) is 30.4 Å². The second kappa shape index (κ2) is 15.1. The number of amidine groups is 1. The van der Waals surface area contributed by atoms with Gasteiger partial charge in [0.2, 0.25) is 0 Å². The second-order valence-corrected chi connectivity index (χ2v) is 8.91. The van der Waals surface area contributed by atoms with Crippen molar-refractivity contribution in [3.8, 4) is 12.8 Å². The molecule has 1 atom stereocenters. The van der Waals surface area contributed by atoms with Crippen LogP contribution < -0.4 is 10.6 Å². The Morgan fingerprint density at radius 3 is 2.24 bits per heavy atom. The molecule has 5 heteroatoms. The Balaban J connectivity index is 0. The summed E-state index contributed by atoms with van der Waals surface area (Å²) in [6.45, 7) is 13.0. The number of hydrogen-bond donors (Lipinski definition) is 2. The number of hydrogen-bond acceptors (Lipinski definition) is 4. The van der Waals surface area contributed by atoms with Crippen molar-refractivity contribution >= 4 is 17.6 Å². The summed E-state index contributed by atoms with van der Waals surface area (Å²) in [6.07, 6.45) is 17.7. The quantitative estimate of drug-likeness (QED) is 0.481. The predicted molar refractivity (Wildman–Crippen MR) is 110 cm³/mol. The number of thioether (sulfide) groups is 1. The maximum Gasteiger partial charge on any atom is 0.162 e. The number of nitrogens with zero attached hydrogens (tertiary/aromatic N) is 1. The van der Waals surface area contributed by atoms with Gasteiger partial charge in [0.05, 0.1) is 0 Å². The summed E-state index contributed by atoms with van der Waals surface area (Å²) in [4.78, 5) is 4.66. The standard InChI is InChI=1S/C13H22N3S.C5H12.C2H2.Y/c1-3-8-17-13-14-10(2)9-12(16-13)15-11-6-4-5-7-11;1-5(2,3)4;1-2;/h11,13-14H,3-8H2,1-2H3,(H,15,16);1-4H3;1-2H;/q-1;;;. The third-order valence-electron chi connectivity index (χ3n) is 3.07. The minimum atomic E-state index is 0. The Morgan fingerprint density at radius 1 is 1.24 bits per heavy atom. The third-order valence-corrected chi connectivity index (χ3v) is 4.25. The minimum absolute atomic E-state index is 0. The molecule has 0 aromatic rings. The van der Waals surface area contributed by atoms with Gasteiger partial charge in [0, 0.05) is 38.8 Å². The molecular formula is C20H36N3SY-. The van der Waals surface area contributed by atoms with Crippen LogP contribution >= 0.6 is 11.8 Å². The number of nitrogens with one attached hydrogen (secondary N) is 2. The van der Waals surface area contributed by atoms with E-state index in [9.17, 15) is 0 Å². The summed E-state index contributed by atoms with van der Waals surface area (Å²) in [7, 11) is 0. The van der Waals surface area contributed by atoms with E-state index in [4.69, 9.17) is 0 Å². The summed E-state index contributed by atoms with van der Waals surface area (Å²) >= 11 is 1.86. The van der Waals surface area contributed by atoms with Gasteiger partial charge in [-0.3, -0.25) is 4.99 Å². The first-order chi connectivity index (χ1) is 11.3. The largest absolute Gasteiger partial charge is 0.409 e. The molecule has 1 radical (unpaired) electrons. The van der Waals surface area contributed by atoms with E-state index in [2.05, 4.69) is 76.1 Å². The molecule has 0 bridgehead atoms. The average Bonchev–Trinajstić information content (AvgIpc) is 2.98. The zero-order valence-electron chi connectivity index (χ0n) is 17.0. The zero-order valence-corrected chi connectivity index (χ0v) is 20.6. The Bertz CT molecular complexity index is 412. The van der Waals surface area contributed by atoms with Crippen molar-refractivity contribution in [3.63, 3.8) is 0 Å². The number of rotatable bonds is 4. The van der Waals surface area contributed by atoms with Gasteiger partial charge in [0.1, 0.15) is 0 Å². The topological polar surface area (TPSA) is 36.4 Å². The van der Waals surface area contributed by atoms with Gasteiger partial charge in [-0.25, -0.2) is 0 Å². The summed E-state index contributed by atoms with van der Waals surface area (Å²) in [5.41, 5.74) is 1.76. The van der Waals surface area contributed by atoms with E-state index >= 15 is 0 Å². The zero-order chi connectivity index (χ0) is 18.6. The van der Waals surface area contributed by atoms with Crippen LogP contribution in [0.2, 0.25) is 0 Å². The average molecular weight is 440 g/mol. The fourth-order valence-corrected chi connectivity index (χ4v) is 3.12. The van der Waals surface area contributed by atoms with Crippen LogP contribution in [0.15, 0.2) is 10.7 Å². The SMILES string of the molecule is C#C.CC(C)(C)C.CCCSC1N=C(NC2CCCC2)[C-]=C(C)N1.[Y]. The van der Waals surface area contributed by atoms with Crippen LogP contribution in [0.3, 0.4) is 0 Å². The van der Waals surface area contributed by atoms with E-state index in [-0.39, 0.29) is 38.2 Å². The van der Waals surface area contributed by atoms with E-state index in [1.54, 1.807) is 0 Å². The van der Waals surface area contributed by atoms with Crippen molar-refractivity contribution in [3.05, 3.63) is 11.8 Å². The second-order valence-electron chi connectivity index (χ2n) is 7.72. The molecule has 0 aromatic carbocycles. The van der Waals surface area contributed by atoms with E-state index in [0.717, 1.165) is 17.3 Å². The van der Waals surface area contributed by atoms with Crippen molar-refractivity contribution in [1.29, 1.82) is 0 Å². The first-order valence-electron chi connectivity index (χ1n) is 8.94. The summed E-state index contributed by atoms with van der Waals surface area (Å²) in [6, 6.07) is 0.615. The van der Waals surface area contributed by atoms with Crippen LogP contribution in [-0.2, 0) is 32.7 Å². The van der Waals surface area contributed by atoms with Crippen molar-refractivity contribution in [2.24, 2.45) is 10.4 Å². The van der Waals surface area contributed by atoms with E-state index in [0.29, 0.717) is 11.5 Å². The molecule has 141 valence electrons. The predicted octanol–water partition coefficient (Wildman–Crippen LogP) is 4.95. The first-order valence-corrected chi connectivity index (χ1v) is 9.99. The molecule has 25 heavy (non-hydrogen) atoms. The normalized spacial score (nSPS) is 19.6. The molecular weight excluding hydrogens is 403 g/mol. The fraction of sp³-hybridized carbons (Fsp3) is 0.750. The Morgan fingerprint density at radius 2 is 1.76 bits per heavy atom. The van der Waals surface area contributed by atoms with Gasteiger partial charge in [-0.2, -0.15) is 5.70 Å². The van der Waals surface area contributed by atoms with Crippen molar-refractivity contribution in [2.45, 2.75) is 85.2 Å². The van der Waals surface area contributed by atoms with Crippen LogP contribution in [0.4, 0.5) is 0 Å². The summed E-state index contributed by atoms with van der Waals surface area (Å²) < 4.78 is 0. The van der Waals surface area contributed by atoms with E-state index in [1.807, 2.05) is 11.8 Å². The van der Waals surface area contributed by atoms with Gasteiger partial charge in [0.15, 0.2) is 5.50 Å². The fourth-order valence-electron chi connectivity index (χ4n) is 2.23. The molecule has 0 spiro atoms. The molecule has 1 aliphatic carbocycles. The molecule has 1 fully saturated rings. The minimum Gasteiger partial charge on any atom is -0.409 e. The summed E-state index contributed by atoms with van der Waals surface area (Å²) in [5, 5.41) is 6.87. The van der Waals surface area contributed by atoms with Crippen molar-refractivity contribution in [2.75, 3.05) is 5.75 Å². The van der Waals surface area contributed by atoms with Crippen molar-refractivity contribution in [1.82, 2.24) is 10.6 Å². The van der Waals surface area contributed by atoms with Gasteiger partial charge in [0.25, 0.3) is 0 Å². The number of aliphatic imine (C=N–C) groups is 1. The van der Waals surface area contributed by atoms with Crippen LogP contribution in [0.25, 0.3) is 0 Å². The maximum atomic E-state index is 4.66. The third kappa shape index (κ3) is 16.0. The molecule has 3 nitrogen and oxygen atoms in total.